The van der Waals surface area contributed by atoms with Gasteiger partial charge in [0.15, 0.2) is 0 Å². The monoisotopic (exact) mass is 335 g/mol. The number of hydrogen-bond acceptors (Lipinski definition) is 3. The highest BCUT2D eigenvalue weighted by Gasteiger charge is 2.26. The Balaban J connectivity index is 1.58. The third-order valence-corrected chi connectivity index (χ3v) is 5.52. The lowest BCUT2D eigenvalue weighted by Gasteiger charge is -2.33. The normalized spacial score (nSPS) is 18.1. The molecule has 2 aliphatic rings. The predicted molar refractivity (Wildman–Crippen MR) is 99.7 cm³/mol. The first kappa shape index (κ1) is 16.1. The van der Waals surface area contributed by atoms with Crippen LogP contribution in [0.15, 0.2) is 42.6 Å². The molecule has 3 heterocycles. The number of carbonyl (C=O) groups excluding carboxylic acids is 1. The van der Waals surface area contributed by atoms with E-state index in [0.717, 1.165) is 62.7 Å². The molecule has 0 spiro atoms. The van der Waals surface area contributed by atoms with Gasteiger partial charge in [0.25, 0.3) is 5.91 Å². The van der Waals surface area contributed by atoms with Crippen molar-refractivity contribution in [2.75, 3.05) is 24.5 Å². The van der Waals surface area contributed by atoms with Gasteiger partial charge in [0, 0.05) is 32.4 Å². The molecule has 0 saturated carbocycles. The number of fused-ring (bicyclic) bond motifs is 1. The molecule has 0 atom stereocenters. The van der Waals surface area contributed by atoms with Gasteiger partial charge in [-0.15, -0.1) is 0 Å². The van der Waals surface area contributed by atoms with Crippen LogP contribution in [0.25, 0.3) is 0 Å². The second-order valence-electron chi connectivity index (χ2n) is 7.29. The maximum absolute atomic E-state index is 13.1. The second kappa shape index (κ2) is 6.87. The van der Waals surface area contributed by atoms with Gasteiger partial charge >= 0.3 is 0 Å². The molecule has 2 aliphatic heterocycles. The first-order valence-corrected chi connectivity index (χ1v) is 9.28. The minimum absolute atomic E-state index is 0.133. The highest BCUT2D eigenvalue weighted by atomic mass is 16.2. The Morgan fingerprint density at radius 1 is 1.04 bits per heavy atom. The zero-order valence-corrected chi connectivity index (χ0v) is 14.8. The van der Waals surface area contributed by atoms with Gasteiger partial charge in [-0.2, -0.15) is 0 Å². The topological polar surface area (TPSA) is 36.4 Å². The van der Waals surface area contributed by atoms with Crippen molar-refractivity contribution in [2.24, 2.45) is 5.92 Å². The number of pyridine rings is 1. The molecule has 0 N–H and O–H groups in total. The fourth-order valence-corrected chi connectivity index (χ4v) is 3.87. The van der Waals surface area contributed by atoms with Crippen LogP contribution in [0.1, 0.15) is 41.3 Å². The number of likely N-dealkylation sites (tertiary alicyclic amines) is 1. The Bertz CT molecular complexity index is 765. The highest BCUT2D eigenvalue weighted by Crippen LogP contribution is 2.27. The van der Waals surface area contributed by atoms with Crippen molar-refractivity contribution < 1.29 is 4.79 Å². The van der Waals surface area contributed by atoms with Crippen LogP contribution < -0.4 is 4.90 Å². The summed E-state index contributed by atoms with van der Waals surface area (Å²) < 4.78 is 0. The third kappa shape index (κ3) is 3.26. The first-order valence-electron chi connectivity index (χ1n) is 9.28. The van der Waals surface area contributed by atoms with Crippen LogP contribution in [0.4, 0.5) is 5.82 Å². The summed E-state index contributed by atoms with van der Waals surface area (Å²) in [5.41, 5.74) is 3.49. The van der Waals surface area contributed by atoms with Crippen molar-refractivity contribution in [3.8, 4) is 0 Å². The van der Waals surface area contributed by atoms with E-state index in [4.69, 9.17) is 0 Å². The van der Waals surface area contributed by atoms with E-state index in [0.29, 0.717) is 0 Å². The Hall–Kier alpha value is -2.36. The Kier molecular flexibility index (Phi) is 4.43. The number of anilines is 1. The van der Waals surface area contributed by atoms with Crippen molar-refractivity contribution >= 4 is 11.7 Å². The minimum atomic E-state index is 0.133. The Morgan fingerprint density at radius 3 is 2.60 bits per heavy atom. The molecule has 0 bridgehead atoms. The van der Waals surface area contributed by atoms with E-state index in [1.807, 2.05) is 17.0 Å². The second-order valence-corrected chi connectivity index (χ2v) is 7.29. The van der Waals surface area contributed by atoms with Crippen LogP contribution >= 0.6 is 0 Å². The molecule has 0 unspecified atom stereocenters. The zero-order chi connectivity index (χ0) is 17.2. The summed E-state index contributed by atoms with van der Waals surface area (Å²) in [6.07, 6.45) is 4.99. The van der Waals surface area contributed by atoms with Gasteiger partial charge in [0.2, 0.25) is 0 Å². The van der Waals surface area contributed by atoms with Crippen LogP contribution in [-0.2, 0) is 13.0 Å². The van der Waals surface area contributed by atoms with E-state index in [9.17, 15) is 4.79 Å². The molecule has 130 valence electrons. The van der Waals surface area contributed by atoms with Crippen molar-refractivity contribution in [2.45, 2.75) is 32.7 Å². The van der Waals surface area contributed by atoms with E-state index < -0.39 is 0 Å². The summed E-state index contributed by atoms with van der Waals surface area (Å²) in [6.45, 7) is 5.71. The van der Waals surface area contributed by atoms with E-state index in [2.05, 4.69) is 41.1 Å². The SMILES string of the molecule is CC1CCN(C(=O)c2cccnc2N2CCc3ccccc3C2)CC1. The quantitative estimate of drug-likeness (QED) is 0.842. The number of rotatable bonds is 2. The minimum Gasteiger partial charge on any atom is -0.351 e. The van der Waals surface area contributed by atoms with Crippen molar-refractivity contribution in [3.05, 3.63) is 59.3 Å². The Morgan fingerprint density at radius 2 is 1.80 bits per heavy atom. The lowest BCUT2D eigenvalue weighted by molar-refractivity contribution is 0.0697. The van der Waals surface area contributed by atoms with Gasteiger partial charge in [-0.3, -0.25) is 4.79 Å². The molecule has 1 aromatic carbocycles. The fourth-order valence-electron chi connectivity index (χ4n) is 3.87. The molecule has 1 amide bonds. The smallest absolute Gasteiger partial charge is 0.257 e. The van der Waals surface area contributed by atoms with Crippen LogP contribution in [0.3, 0.4) is 0 Å². The van der Waals surface area contributed by atoms with Crippen molar-refractivity contribution in [1.82, 2.24) is 9.88 Å². The van der Waals surface area contributed by atoms with Crippen molar-refractivity contribution in [3.63, 3.8) is 0 Å². The average molecular weight is 335 g/mol. The number of aromatic nitrogens is 1. The standard InChI is InChI=1S/C21H25N3O/c1-16-8-12-23(13-9-16)21(25)19-7-4-11-22-20(19)24-14-10-17-5-2-3-6-18(17)15-24/h2-7,11,16H,8-10,12-15H2,1H3. The molecule has 4 heteroatoms. The molecule has 2 aromatic rings. The average Bonchev–Trinajstić information content (AvgIpc) is 2.67. The van der Waals surface area contributed by atoms with Gasteiger partial charge in [-0.05, 0) is 48.4 Å². The molecule has 0 radical (unpaired) electrons. The van der Waals surface area contributed by atoms with Gasteiger partial charge in [-0.1, -0.05) is 31.2 Å². The lowest BCUT2D eigenvalue weighted by Crippen LogP contribution is -2.39. The summed E-state index contributed by atoms with van der Waals surface area (Å²) in [7, 11) is 0. The van der Waals surface area contributed by atoms with Gasteiger partial charge in [-0.25, -0.2) is 4.98 Å². The summed E-state index contributed by atoms with van der Waals surface area (Å²) in [6, 6.07) is 12.4. The van der Waals surface area contributed by atoms with E-state index in [-0.39, 0.29) is 5.91 Å². The maximum atomic E-state index is 13.1. The largest absolute Gasteiger partial charge is 0.351 e. The van der Waals surface area contributed by atoms with E-state index in [1.54, 1.807) is 6.20 Å². The van der Waals surface area contributed by atoms with Gasteiger partial charge in [0.05, 0.1) is 5.56 Å². The fraction of sp³-hybridized carbons (Fsp3) is 0.429. The summed E-state index contributed by atoms with van der Waals surface area (Å²) in [4.78, 5) is 21.9. The van der Waals surface area contributed by atoms with Crippen LogP contribution in [0.2, 0.25) is 0 Å². The number of benzene rings is 1. The van der Waals surface area contributed by atoms with Gasteiger partial charge < -0.3 is 9.80 Å². The molecule has 25 heavy (non-hydrogen) atoms. The molecule has 4 rings (SSSR count). The summed E-state index contributed by atoms with van der Waals surface area (Å²) in [5, 5.41) is 0. The molecule has 4 nitrogen and oxygen atoms in total. The van der Waals surface area contributed by atoms with Gasteiger partial charge in [0.1, 0.15) is 5.82 Å². The van der Waals surface area contributed by atoms with E-state index >= 15 is 0 Å². The number of piperidine rings is 1. The van der Waals surface area contributed by atoms with E-state index in [1.165, 1.54) is 11.1 Å². The zero-order valence-electron chi connectivity index (χ0n) is 14.8. The molecule has 1 saturated heterocycles. The summed E-state index contributed by atoms with van der Waals surface area (Å²) >= 11 is 0. The van der Waals surface area contributed by atoms with Crippen LogP contribution in [0, 0.1) is 5.92 Å². The molecule has 1 aromatic heterocycles. The molecular weight excluding hydrogens is 310 g/mol. The van der Waals surface area contributed by atoms with Crippen LogP contribution in [0.5, 0.6) is 0 Å². The van der Waals surface area contributed by atoms with Crippen LogP contribution in [-0.4, -0.2) is 35.4 Å². The first-order chi connectivity index (χ1) is 12.2. The third-order valence-electron chi connectivity index (χ3n) is 5.52. The number of amides is 1. The highest BCUT2D eigenvalue weighted by molar-refractivity contribution is 5.99. The predicted octanol–water partition coefficient (Wildman–Crippen LogP) is 3.52. The number of nitrogens with zero attached hydrogens (tertiary/aromatic N) is 3. The maximum Gasteiger partial charge on any atom is 0.257 e. The molecular formula is C21H25N3O. The molecule has 1 fully saturated rings. The van der Waals surface area contributed by atoms with Crippen molar-refractivity contribution in [1.29, 1.82) is 0 Å². The summed E-state index contributed by atoms with van der Waals surface area (Å²) in [5.74, 6) is 1.69. The Labute approximate surface area is 149 Å². The number of hydrogen-bond donors (Lipinski definition) is 0. The number of carbonyl (C=O) groups is 1. The lowest BCUT2D eigenvalue weighted by atomic mass is 9.98. The molecule has 0 aliphatic carbocycles.